The van der Waals surface area contributed by atoms with Gasteiger partial charge in [-0.1, -0.05) is 27.5 Å². The molecule has 1 saturated heterocycles. The quantitative estimate of drug-likeness (QED) is 0.667. The number of amides is 1. The number of carbonyl (C=O) groups excluding carboxylic acids is 1. The van der Waals surface area contributed by atoms with Crippen LogP contribution in [0, 0.1) is 11.7 Å². The fraction of sp³-hybridized carbons (Fsp3) is 0.588. The summed E-state index contributed by atoms with van der Waals surface area (Å²) in [5.74, 6) is -0.346. The van der Waals surface area contributed by atoms with Crippen LogP contribution in [0.5, 0.6) is 0 Å². The normalized spacial score (nSPS) is 23.8. The number of rotatable bonds is 1. The maximum atomic E-state index is 13.1. The van der Waals surface area contributed by atoms with Crippen LogP contribution < -0.4 is 29.6 Å². The Morgan fingerprint density at radius 1 is 1.29 bits per heavy atom. The van der Waals surface area contributed by atoms with E-state index in [9.17, 15) is 14.3 Å². The first-order valence-corrected chi connectivity index (χ1v) is 7.60. The van der Waals surface area contributed by atoms with Crippen LogP contribution in [0.4, 0.5) is 9.18 Å². The van der Waals surface area contributed by atoms with E-state index >= 15 is 0 Å². The minimum atomic E-state index is -0.580. The summed E-state index contributed by atoms with van der Waals surface area (Å²) in [6.45, 7) is 7.78. The zero-order valence-electron chi connectivity index (χ0n) is 14.5. The molecule has 2 rings (SSSR count). The van der Waals surface area contributed by atoms with E-state index in [-0.39, 0.29) is 55.7 Å². The van der Waals surface area contributed by atoms with E-state index in [2.05, 4.69) is 0 Å². The molecule has 0 bridgehead atoms. The number of halogens is 1. The third-order valence-electron chi connectivity index (χ3n) is 3.87. The van der Waals surface area contributed by atoms with Gasteiger partial charge in [0.15, 0.2) is 0 Å². The Kier molecular flexibility index (Phi) is 9.01. The second-order valence-electron chi connectivity index (χ2n) is 6.98. The van der Waals surface area contributed by atoms with Gasteiger partial charge in [0.05, 0.1) is 12.1 Å². The fourth-order valence-corrected chi connectivity index (χ4v) is 2.67. The van der Waals surface area contributed by atoms with Crippen LogP contribution in [0.3, 0.4) is 0 Å². The second kappa shape index (κ2) is 9.23. The zero-order chi connectivity index (χ0) is 16.5. The van der Waals surface area contributed by atoms with Crippen molar-refractivity contribution in [3.8, 4) is 0 Å². The van der Waals surface area contributed by atoms with E-state index in [1.165, 1.54) is 12.1 Å². The number of piperidine rings is 1. The molecule has 0 spiro atoms. The molecule has 1 aromatic carbocycles. The van der Waals surface area contributed by atoms with Gasteiger partial charge in [0.25, 0.3) is 0 Å². The molecular weight excluding hydrogens is 319 g/mol. The van der Waals surface area contributed by atoms with E-state index in [0.717, 1.165) is 5.56 Å². The number of hydrogen-bond acceptors (Lipinski definition) is 3. The van der Waals surface area contributed by atoms with Crippen molar-refractivity contribution in [3.05, 3.63) is 35.6 Å². The molecule has 0 aliphatic carbocycles. The molecule has 1 N–H and O–H groups in total. The minimum Gasteiger partial charge on any atom is -0.444 e. The summed E-state index contributed by atoms with van der Waals surface area (Å²) in [4.78, 5) is 14.1. The Bertz CT molecular complexity index is 536. The maximum Gasteiger partial charge on any atom is 1.00 e. The number of likely N-dealkylation sites (tertiary alicyclic amines) is 1. The number of ether oxygens (including phenoxy) is 1. The number of benzene rings is 1. The Labute approximate surface area is 167 Å². The number of nitrogens with zero attached hydrogens (tertiary/aromatic N) is 1. The Hall–Kier alpha value is -0.555. The topological polar surface area (TPSA) is 49.8 Å². The molecule has 1 heterocycles. The summed E-state index contributed by atoms with van der Waals surface area (Å²) in [7, 11) is 0. The summed E-state index contributed by atoms with van der Waals surface area (Å²) < 4.78 is 18.6. The molecule has 130 valence electrons. The van der Waals surface area contributed by atoms with Crippen LogP contribution in [0.1, 0.15) is 45.7 Å². The number of hydrogen-bond donors (Lipinski definition) is 1. The first-order chi connectivity index (χ1) is 10.2. The van der Waals surface area contributed by atoms with Crippen LogP contribution in [0.25, 0.3) is 0 Å². The van der Waals surface area contributed by atoms with Crippen LogP contribution in [0.15, 0.2) is 24.3 Å². The molecule has 1 aromatic rings. The average molecular weight is 347 g/mol. The number of aliphatic hydroxyl groups is 1. The molecule has 7 heteroatoms. The number of aliphatic hydroxyl groups excluding tert-OH is 1. The van der Waals surface area contributed by atoms with E-state index in [1.54, 1.807) is 17.0 Å². The molecule has 0 radical (unpaired) electrons. The van der Waals surface area contributed by atoms with Gasteiger partial charge in [0.2, 0.25) is 0 Å². The summed E-state index contributed by atoms with van der Waals surface area (Å²) in [6, 6.07) is 5.74. The van der Waals surface area contributed by atoms with Crippen molar-refractivity contribution in [3.63, 3.8) is 0 Å². The standard InChI is InChI=1S/C17H24FNO3.BH4.Na/c1-11-10-19(16(21)22-17(2,3)4)14(9-15(11)20)12-5-7-13(18)8-6-12;;/h5-8,11,14-15,20H,9-10H2,1-4H3;1H4;/q;-1;+1/t11-,14-,15-;;/m1../s1. The van der Waals surface area contributed by atoms with Crippen LogP contribution in [-0.4, -0.2) is 42.8 Å². The monoisotopic (exact) mass is 347 g/mol. The number of carbonyl (C=O) groups is 1. The summed E-state index contributed by atoms with van der Waals surface area (Å²) in [5.41, 5.74) is 0.224. The van der Waals surface area contributed by atoms with Crippen molar-refractivity contribution < 1.29 is 48.6 Å². The molecule has 0 unspecified atom stereocenters. The molecular formula is C17H28BFNNaO3. The summed E-state index contributed by atoms with van der Waals surface area (Å²) in [6.07, 6.45) is -0.471. The van der Waals surface area contributed by atoms with Gasteiger partial charge in [0.1, 0.15) is 11.4 Å². The van der Waals surface area contributed by atoms with Crippen molar-refractivity contribution in [2.45, 2.75) is 51.9 Å². The Morgan fingerprint density at radius 2 is 1.83 bits per heavy atom. The Balaban J connectivity index is 0.00000264. The first-order valence-electron chi connectivity index (χ1n) is 7.60. The molecule has 1 aliphatic heterocycles. The summed E-state index contributed by atoms with van der Waals surface area (Å²) in [5, 5.41) is 10.1. The predicted octanol–water partition coefficient (Wildman–Crippen LogP) is -0.943. The molecule has 1 amide bonds. The molecule has 0 aromatic heterocycles. The van der Waals surface area contributed by atoms with Crippen molar-refractivity contribution in [1.29, 1.82) is 0 Å². The first kappa shape index (κ1) is 23.4. The van der Waals surface area contributed by atoms with Crippen molar-refractivity contribution >= 4 is 14.5 Å². The largest absolute Gasteiger partial charge is 1.00 e. The van der Waals surface area contributed by atoms with Crippen molar-refractivity contribution in [2.24, 2.45) is 5.92 Å². The van der Waals surface area contributed by atoms with Gasteiger partial charge in [-0.05, 0) is 50.8 Å². The molecule has 3 atom stereocenters. The minimum absolute atomic E-state index is 0. The Morgan fingerprint density at radius 3 is 2.33 bits per heavy atom. The van der Waals surface area contributed by atoms with Gasteiger partial charge < -0.3 is 14.7 Å². The van der Waals surface area contributed by atoms with Crippen molar-refractivity contribution in [2.75, 3.05) is 6.54 Å². The fourth-order valence-electron chi connectivity index (χ4n) is 2.67. The molecule has 24 heavy (non-hydrogen) atoms. The summed E-state index contributed by atoms with van der Waals surface area (Å²) >= 11 is 0. The molecule has 1 fully saturated rings. The van der Waals surface area contributed by atoms with Crippen molar-refractivity contribution in [1.82, 2.24) is 4.90 Å². The van der Waals surface area contributed by atoms with Gasteiger partial charge in [-0.3, -0.25) is 0 Å². The maximum absolute atomic E-state index is 13.1. The molecule has 1 aliphatic rings. The second-order valence-corrected chi connectivity index (χ2v) is 6.98. The van der Waals surface area contributed by atoms with Gasteiger partial charge in [-0.25, -0.2) is 9.18 Å². The van der Waals surface area contributed by atoms with Crippen LogP contribution in [-0.2, 0) is 4.74 Å². The zero-order valence-corrected chi connectivity index (χ0v) is 16.5. The van der Waals surface area contributed by atoms with Crippen LogP contribution >= 0.6 is 0 Å². The molecule has 4 nitrogen and oxygen atoms in total. The smallest absolute Gasteiger partial charge is 0.444 e. The van der Waals surface area contributed by atoms with E-state index in [1.807, 2.05) is 27.7 Å². The van der Waals surface area contributed by atoms with Crippen LogP contribution in [0.2, 0.25) is 0 Å². The SMILES string of the molecule is C[C@@H]1CN(C(=O)OC(C)(C)C)[C@@H](c2ccc(F)cc2)C[C@H]1O.[BH4-].[Na+]. The van der Waals surface area contributed by atoms with Gasteiger partial charge in [0, 0.05) is 6.54 Å². The van der Waals surface area contributed by atoms with E-state index in [4.69, 9.17) is 4.74 Å². The van der Waals surface area contributed by atoms with Gasteiger partial charge in [-0.15, -0.1) is 0 Å². The van der Waals surface area contributed by atoms with E-state index < -0.39 is 17.8 Å². The third kappa shape index (κ3) is 6.06. The average Bonchev–Trinajstić information content (AvgIpc) is 2.40. The van der Waals surface area contributed by atoms with E-state index in [0.29, 0.717) is 13.0 Å². The van der Waals surface area contributed by atoms with Gasteiger partial charge >= 0.3 is 35.7 Å². The molecule has 0 saturated carbocycles. The third-order valence-corrected chi connectivity index (χ3v) is 3.87. The van der Waals surface area contributed by atoms with Gasteiger partial charge in [-0.2, -0.15) is 0 Å². The predicted molar refractivity (Wildman–Crippen MR) is 93.2 cm³/mol.